The van der Waals surface area contributed by atoms with Gasteiger partial charge in [0.15, 0.2) is 0 Å². The number of hydrogen-bond donors (Lipinski definition) is 1. The van der Waals surface area contributed by atoms with Crippen molar-refractivity contribution >= 4 is 15.9 Å². The van der Waals surface area contributed by atoms with Crippen LogP contribution >= 0.6 is 15.9 Å². The second-order valence-corrected chi connectivity index (χ2v) is 5.37. The quantitative estimate of drug-likeness (QED) is 0.881. The summed E-state index contributed by atoms with van der Waals surface area (Å²) in [7, 11) is 0. The Kier molecular flexibility index (Phi) is 4.82. The van der Waals surface area contributed by atoms with Crippen LogP contribution in [0.15, 0.2) is 27.4 Å². The summed E-state index contributed by atoms with van der Waals surface area (Å²) in [5.74, 6) is 0.948. The van der Waals surface area contributed by atoms with Gasteiger partial charge in [-0.05, 0) is 48.8 Å². The van der Waals surface area contributed by atoms with Crippen LogP contribution in [0.5, 0.6) is 0 Å². The van der Waals surface area contributed by atoms with Crippen molar-refractivity contribution in [2.75, 3.05) is 6.54 Å². The lowest BCUT2D eigenvalue weighted by Gasteiger charge is -2.20. The van der Waals surface area contributed by atoms with Crippen molar-refractivity contribution in [3.8, 4) is 0 Å². The second kappa shape index (κ2) is 6.39. The molecule has 1 unspecified atom stereocenters. The molecule has 0 radical (unpaired) electrons. The highest BCUT2D eigenvalue weighted by atomic mass is 79.9. The second-order valence-electron chi connectivity index (χ2n) is 4.51. The van der Waals surface area contributed by atoms with E-state index in [1.165, 1.54) is 5.56 Å². The zero-order chi connectivity index (χ0) is 13.8. The molecular formula is C14H20BrN3O. The molecule has 0 fully saturated rings. The molecule has 2 aromatic rings. The molecule has 5 heteroatoms. The van der Waals surface area contributed by atoms with E-state index in [1.807, 2.05) is 23.9 Å². The minimum absolute atomic E-state index is 0.107. The highest BCUT2D eigenvalue weighted by Gasteiger charge is 2.23. The fraction of sp³-hybridized carbons (Fsp3) is 0.500. The average molecular weight is 326 g/mol. The smallest absolute Gasteiger partial charge is 0.105 e. The minimum atomic E-state index is 0.107. The van der Waals surface area contributed by atoms with Crippen LogP contribution in [0.4, 0.5) is 0 Å². The predicted octanol–water partition coefficient (Wildman–Crippen LogP) is 3.66. The molecule has 4 nitrogen and oxygen atoms in total. The number of furan rings is 1. The van der Waals surface area contributed by atoms with Crippen molar-refractivity contribution in [1.29, 1.82) is 0 Å². The summed E-state index contributed by atoms with van der Waals surface area (Å²) in [4.78, 5) is 0. The van der Waals surface area contributed by atoms with Gasteiger partial charge in [0.2, 0.25) is 0 Å². The Morgan fingerprint density at radius 1 is 1.47 bits per heavy atom. The molecule has 104 valence electrons. The molecule has 2 aromatic heterocycles. The fourth-order valence-electron chi connectivity index (χ4n) is 2.25. The maximum atomic E-state index is 5.45. The van der Waals surface area contributed by atoms with Crippen molar-refractivity contribution in [3.63, 3.8) is 0 Å². The molecule has 2 heterocycles. The average Bonchev–Trinajstić information content (AvgIpc) is 2.98. The number of rotatable bonds is 6. The van der Waals surface area contributed by atoms with Crippen molar-refractivity contribution in [2.45, 2.75) is 39.8 Å². The lowest BCUT2D eigenvalue weighted by molar-refractivity contribution is 0.499. The summed E-state index contributed by atoms with van der Waals surface area (Å²) in [6, 6.07) is 2.14. The third kappa shape index (κ3) is 2.92. The maximum Gasteiger partial charge on any atom is 0.105 e. The van der Waals surface area contributed by atoms with E-state index in [-0.39, 0.29) is 6.04 Å². The van der Waals surface area contributed by atoms with Crippen molar-refractivity contribution in [2.24, 2.45) is 0 Å². The predicted molar refractivity (Wildman–Crippen MR) is 79.2 cm³/mol. The molecule has 0 bridgehead atoms. The van der Waals surface area contributed by atoms with Crippen LogP contribution in [0.1, 0.15) is 43.3 Å². The van der Waals surface area contributed by atoms with Crippen LogP contribution in [0.3, 0.4) is 0 Å². The first-order chi connectivity index (χ1) is 9.19. The number of aryl methyl sites for hydroxylation is 2. The first kappa shape index (κ1) is 14.3. The number of nitrogens with zero attached hydrogens (tertiary/aromatic N) is 2. The van der Waals surface area contributed by atoms with Crippen LogP contribution in [0.2, 0.25) is 0 Å². The van der Waals surface area contributed by atoms with Crippen LogP contribution < -0.4 is 5.32 Å². The number of aromatic nitrogens is 2. The van der Waals surface area contributed by atoms with Gasteiger partial charge in [0, 0.05) is 12.1 Å². The van der Waals surface area contributed by atoms with Gasteiger partial charge in [-0.25, -0.2) is 0 Å². The van der Waals surface area contributed by atoms with Gasteiger partial charge in [-0.3, -0.25) is 4.68 Å². The van der Waals surface area contributed by atoms with Crippen molar-refractivity contribution in [1.82, 2.24) is 15.1 Å². The van der Waals surface area contributed by atoms with E-state index < -0.39 is 0 Å². The topological polar surface area (TPSA) is 43.0 Å². The lowest BCUT2D eigenvalue weighted by Crippen LogP contribution is -2.26. The maximum absolute atomic E-state index is 5.45. The Morgan fingerprint density at radius 2 is 2.26 bits per heavy atom. The van der Waals surface area contributed by atoms with Crippen molar-refractivity contribution < 1.29 is 4.42 Å². The third-order valence-corrected chi connectivity index (χ3v) is 3.83. The first-order valence-corrected chi connectivity index (χ1v) is 7.46. The molecule has 1 N–H and O–H groups in total. The van der Waals surface area contributed by atoms with E-state index >= 15 is 0 Å². The van der Waals surface area contributed by atoms with Crippen LogP contribution in [-0.2, 0) is 6.54 Å². The third-order valence-electron chi connectivity index (χ3n) is 3.21. The number of nitrogens with one attached hydrogen (secondary N) is 1. The van der Waals surface area contributed by atoms with Gasteiger partial charge in [0.05, 0.1) is 28.7 Å². The van der Waals surface area contributed by atoms with Gasteiger partial charge >= 0.3 is 0 Å². The largest absolute Gasteiger partial charge is 0.469 e. The van der Waals surface area contributed by atoms with Crippen LogP contribution in [0, 0.1) is 6.92 Å². The molecule has 0 amide bonds. The molecule has 19 heavy (non-hydrogen) atoms. The Hall–Kier alpha value is -1.07. The molecule has 0 spiro atoms. The number of halogens is 1. The summed E-state index contributed by atoms with van der Waals surface area (Å²) in [5, 5.41) is 7.98. The lowest BCUT2D eigenvalue weighted by atomic mass is 10.0. The Bertz CT molecular complexity index is 533. The van der Waals surface area contributed by atoms with E-state index in [4.69, 9.17) is 4.42 Å². The fourth-order valence-corrected chi connectivity index (χ4v) is 2.77. The first-order valence-electron chi connectivity index (χ1n) is 6.67. The van der Waals surface area contributed by atoms with E-state index in [0.717, 1.165) is 35.4 Å². The molecule has 0 aliphatic heterocycles. The van der Waals surface area contributed by atoms with Gasteiger partial charge < -0.3 is 9.73 Å². The molecule has 2 rings (SSSR count). The van der Waals surface area contributed by atoms with E-state index in [0.29, 0.717) is 0 Å². The molecular weight excluding hydrogens is 306 g/mol. The normalized spacial score (nSPS) is 12.8. The standard InChI is InChI=1S/C14H20BrN3O/c1-4-7-16-13(11-6-8-19-10(11)3)14-12(15)9-17-18(14)5-2/h6,8-9,13,16H,4-5,7H2,1-3H3. The minimum Gasteiger partial charge on any atom is -0.469 e. The molecule has 0 aliphatic carbocycles. The highest BCUT2D eigenvalue weighted by Crippen LogP contribution is 2.30. The Morgan fingerprint density at radius 3 is 2.84 bits per heavy atom. The summed E-state index contributed by atoms with van der Waals surface area (Å²) in [6.45, 7) is 8.07. The molecule has 1 atom stereocenters. The zero-order valence-corrected chi connectivity index (χ0v) is 13.2. The van der Waals surface area contributed by atoms with E-state index in [2.05, 4.69) is 40.2 Å². The van der Waals surface area contributed by atoms with Gasteiger partial charge in [-0.1, -0.05) is 6.92 Å². The van der Waals surface area contributed by atoms with E-state index in [9.17, 15) is 0 Å². The number of hydrogen-bond acceptors (Lipinski definition) is 3. The Balaban J connectivity index is 2.42. The molecule has 0 saturated heterocycles. The Labute approximate surface area is 122 Å². The monoisotopic (exact) mass is 325 g/mol. The van der Waals surface area contributed by atoms with Gasteiger partial charge in [0.1, 0.15) is 5.76 Å². The van der Waals surface area contributed by atoms with Crippen LogP contribution in [-0.4, -0.2) is 16.3 Å². The summed E-state index contributed by atoms with van der Waals surface area (Å²) >= 11 is 3.61. The summed E-state index contributed by atoms with van der Waals surface area (Å²) < 4.78 is 8.50. The summed E-state index contributed by atoms with van der Waals surface area (Å²) in [6.07, 6.45) is 4.69. The van der Waals surface area contributed by atoms with Crippen LogP contribution in [0.25, 0.3) is 0 Å². The van der Waals surface area contributed by atoms with Crippen molar-refractivity contribution in [3.05, 3.63) is 40.0 Å². The molecule has 0 saturated carbocycles. The zero-order valence-electron chi connectivity index (χ0n) is 11.6. The van der Waals surface area contributed by atoms with Gasteiger partial charge in [-0.2, -0.15) is 5.10 Å². The summed E-state index contributed by atoms with van der Waals surface area (Å²) in [5.41, 5.74) is 2.32. The molecule has 0 aliphatic rings. The van der Waals surface area contributed by atoms with Gasteiger partial charge in [-0.15, -0.1) is 0 Å². The highest BCUT2D eigenvalue weighted by molar-refractivity contribution is 9.10. The van der Waals surface area contributed by atoms with E-state index in [1.54, 1.807) is 6.26 Å². The SMILES string of the molecule is CCCNC(c1ccoc1C)c1c(Br)cnn1CC. The molecule has 0 aromatic carbocycles. The van der Waals surface area contributed by atoms with Gasteiger partial charge in [0.25, 0.3) is 0 Å².